The number of aliphatic carboxylic acids is 1. The Hall–Kier alpha value is -1.07. The van der Waals surface area contributed by atoms with Crippen LogP contribution in [0.25, 0.3) is 0 Å². The van der Waals surface area contributed by atoms with Crippen LogP contribution >= 0.6 is 27.5 Å². The normalized spacial score (nSPS) is 11.9. The highest BCUT2D eigenvalue weighted by Gasteiger charge is 2.12. The Morgan fingerprint density at radius 2 is 2.16 bits per heavy atom. The van der Waals surface area contributed by atoms with Crippen molar-refractivity contribution in [2.75, 3.05) is 6.54 Å². The summed E-state index contributed by atoms with van der Waals surface area (Å²) in [7, 11) is 0. The molecule has 0 saturated heterocycles. The lowest BCUT2D eigenvalue weighted by molar-refractivity contribution is -0.141. The fourth-order valence-corrected chi connectivity index (χ4v) is 2.07. The third kappa shape index (κ3) is 5.61. The van der Waals surface area contributed by atoms with Crippen LogP contribution in [0.5, 0.6) is 0 Å². The molecule has 0 aliphatic rings. The van der Waals surface area contributed by atoms with Gasteiger partial charge in [-0.25, -0.2) is 0 Å². The van der Waals surface area contributed by atoms with Crippen molar-refractivity contribution < 1.29 is 14.7 Å². The maximum atomic E-state index is 11.6. The highest BCUT2D eigenvalue weighted by atomic mass is 79.9. The molecule has 1 rings (SSSR count). The molecule has 0 bridgehead atoms. The van der Waals surface area contributed by atoms with Gasteiger partial charge in [-0.2, -0.15) is 0 Å². The van der Waals surface area contributed by atoms with Crippen LogP contribution in [0.4, 0.5) is 0 Å². The number of amides is 1. The van der Waals surface area contributed by atoms with Gasteiger partial charge in [0.15, 0.2) is 0 Å². The first-order valence-electron chi connectivity index (χ1n) is 5.83. The van der Waals surface area contributed by atoms with Crippen molar-refractivity contribution in [3.05, 3.63) is 33.3 Å². The predicted octanol–water partition coefficient (Wildman–Crippen LogP) is 2.87. The van der Waals surface area contributed by atoms with Crippen molar-refractivity contribution in [1.82, 2.24) is 5.32 Å². The summed E-state index contributed by atoms with van der Waals surface area (Å²) >= 11 is 9.28. The average molecular weight is 349 g/mol. The van der Waals surface area contributed by atoms with Crippen molar-refractivity contribution in [2.24, 2.45) is 5.92 Å². The van der Waals surface area contributed by atoms with E-state index in [0.717, 1.165) is 10.0 Å². The van der Waals surface area contributed by atoms with E-state index in [2.05, 4.69) is 21.2 Å². The molecule has 1 unspecified atom stereocenters. The lowest BCUT2D eigenvalue weighted by atomic mass is 10.1. The molecule has 1 atom stereocenters. The number of hydrogen-bond acceptors (Lipinski definition) is 2. The Kier molecular flexibility index (Phi) is 6.31. The summed E-state index contributed by atoms with van der Waals surface area (Å²) in [5.74, 6) is -1.67. The molecule has 4 nitrogen and oxygen atoms in total. The van der Waals surface area contributed by atoms with E-state index in [4.69, 9.17) is 16.7 Å². The molecule has 0 aliphatic heterocycles. The molecular weight excluding hydrogens is 334 g/mol. The summed E-state index contributed by atoms with van der Waals surface area (Å²) in [6, 6.07) is 5.41. The maximum Gasteiger partial charge on any atom is 0.308 e. The molecule has 19 heavy (non-hydrogen) atoms. The molecule has 2 N–H and O–H groups in total. The van der Waals surface area contributed by atoms with Crippen LogP contribution in [0.2, 0.25) is 5.02 Å². The first kappa shape index (κ1) is 16.0. The van der Waals surface area contributed by atoms with Crippen LogP contribution < -0.4 is 5.32 Å². The molecule has 0 radical (unpaired) electrons. The van der Waals surface area contributed by atoms with E-state index in [1.54, 1.807) is 19.1 Å². The fraction of sp³-hybridized carbons (Fsp3) is 0.385. The minimum Gasteiger partial charge on any atom is -0.481 e. The SMILES string of the molecule is CC(CNC(=O)CCc1cc(Cl)ccc1Br)C(=O)O. The van der Waals surface area contributed by atoms with Crippen molar-refractivity contribution in [3.8, 4) is 0 Å². The second-order valence-electron chi connectivity index (χ2n) is 4.28. The van der Waals surface area contributed by atoms with E-state index in [0.29, 0.717) is 17.9 Å². The number of carbonyl (C=O) groups is 2. The smallest absolute Gasteiger partial charge is 0.308 e. The lowest BCUT2D eigenvalue weighted by Crippen LogP contribution is -2.31. The van der Waals surface area contributed by atoms with Crippen molar-refractivity contribution >= 4 is 39.4 Å². The summed E-state index contributed by atoms with van der Waals surface area (Å²) in [4.78, 5) is 22.2. The van der Waals surface area contributed by atoms with Gasteiger partial charge in [0.2, 0.25) is 5.91 Å². The molecule has 104 valence electrons. The Bertz CT molecular complexity index is 479. The average Bonchev–Trinajstić information content (AvgIpc) is 2.36. The Morgan fingerprint density at radius 1 is 1.47 bits per heavy atom. The number of carboxylic acids is 1. The zero-order valence-corrected chi connectivity index (χ0v) is 12.8. The van der Waals surface area contributed by atoms with Gasteiger partial charge in [-0.15, -0.1) is 0 Å². The third-order valence-electron chi connectivity index (χ3n) is 2.66. The zero-order valence-electron chi connectivity index (χ0n) is 10.5. The molecule has 0 spiro atoms. The predicted molar refractivity (Wildman–Crippen MR) is 77.3 cm³/mol. The van der Waals surface area contributed by atoms with Crippen LogP contribution in [0, 0.1) is 5.92 Å². The lowest BCUT2D eigenvalue weighted by Gasteiger charge is -2.09. The molecule has 1 amide bonds. The number of rotatable bonds is 6. The molecular formula is C13H15BrClNO3. The molecule has 0 saturated carbocycles. The number of aryl methyl sites for hydroxylation is 1. The molecule has 0 aliphatic carbocycles. The van der Waals surface area contributed by atoms with Gasteiger partial charge in [-0.3, -0.25) is 9.59 Å². The second kappa shape index (κ2) is 7.50. The number of halogens is 2. The van der Waals surface area contributed by atoms with E-state index in [-0.39, 0.29) is 12.5 Å². The van der Waals surface area contributed by atoms with Crippen LogP contribution in [0.15, 0.2) is 22.7 Å². The van der Waals surface area contributed by atoms with Crippen LogP contribution in [-0.4, -0.2) is 23.5 Å². The van der Waals surface area contributed by atoms with E-state index in [9.17, 15) is 9.59 Å². The van der Waals surface area contributed by atoms with E-state index >= 15 is 0 Å². The van der Waals surface area contributed by atoms with Crippen molar-refractivity contribution in [2.45, 2.75) is 19.8 Å². The molecule has 6 heteroatoms. The van der Waals surface area contributed by atoms with Crippen molar-refractivity contribution in [3.63, 3.8) is 0 Å². The Labute approximate surface area is 125 Å². The summed E-state index contributed by atoms with van der Waals surface area (Å²) in [6.45, 7) is 1.70. The molecule has 0 heterocycles. The summed E-state index contributed by atoms with van der Waals surface area (Å²) in [6.07, 6.45) is 0.847. The first-order valence-corrected chi connectivity index (χ1v) is 7.00. The minimum atomic E-state index is -0.919. The number of nitrogens with one attached hydrogen (secondary N) is 1. The van der Waals surface area contributed by atoms with Crippen LogP contribution in [-0.2, 0) is 16.0 Å². The number of carboxylic acid groups (broad SMARTS) is 1. The van der Waals surface area contributed by atoms with Gasteiger partial charge >= 0.3 is 5.97 Å². The van der Waals surface area contributed by atoms with E-state index in [1.807, 2.05) is 6.07 Å². The summed E-state index contributed by atoms with van der Waals surface area (Å²) in [5.41, 5.74) is 0.953. The molecule has 0 aromatic heterocycles. The topological polar surface area (TPSA) is 66.4 Å². The first-order chi connectivity index (χ1) is 8.90. The quantitative estimate of drug-likeness (QED) is 0.831. The Balaban J connectivity index is 2.42. The third-order valence-corrected chi connectivity index (χ3v) is 3.66. The molecule has 1 aromatic rings. The Morgan fingerprint density at radius 3 is 2.79 bits per heavy atom. The minimum absolute atomic E-state index is 0.144. The molecule has 1 aromatic carbocycles. The number of benzene rings is 1. The van der Waals surface area contributed by atoms with Gasteiger partial charge in [0.05, 0.1) is 5.92 Å². The fourth-order valence-electron chi connectivity index (χ4n) is 1.43. The monoisotopic (exact) mass is 347 g/mol. The van der Waals surface area contributed by atoms with Gasteiger partial charge in [0.1, 0.15) is 0 Å². The van der Waals surface area contributed by atoms with Crippen LogP contribution in [0.3, 0.4) is 0 Å². The summed E-state index contributed by atoms with van der Waals surface area (Å²) < 4.78 is 0.906. The number of hydrogen-bond donors (Lipinski definition) is 2. The van der Waals surface area contributed by atoms with Crippen LogP contribution in [0.1, 0.15) is 18.9 Å². The zero-order chi connectivity index (χ0) is 14.4. The van der Waals surface area contributed by atoms with Gasteiger partial charge < -0.3 is 10.4 Å². The van der Waals surface area contributed by atoms with Gasteiger partial charge in [0, 0.05) is 22.5 Å². The highest BCUT2D eigenvalue weighted by molar-refractivity contribution is 9.10. The van der Waals surface area contributed by atoms with Gasteiger partial charge in [-0.1, -0.05) is 34.5 Å². The maximum absolute atomic E-state index is 11.6. The molecule has 0 fully saturated rings. The largest absolute Gasteiger partial charge is 0.481 e. The van der Waals surface area contributed by atoms with E-state index in [1.165, 1.54) is 0 Å². The standard InChI is InChI=1S/C13H15BrClNO3/c1-8(13(18)19)7-16-12(17)5-2-9-6-10(15)3-4-11(9)14/h3-4,6,8H,2,5,7H2,1H3,(H,16,17)(H,18,19). The highest BCUT2D eigenvalue weighted by Crippen LogP contribution is 2.22. The van der Waals surface area contributed by atoms with Crippen molar-refractivity contribution in [1.29, 1.82) is 0 Å². The van der Waals surface area contributed by atoms with Gasteiger partial charge in [0.25, 0.3) is 0 Å². The summed E-state index contributed by atoms with van der Waals surface area (Å²) in [5, 5.41) is 11.9. The van der Waals surface area contributed by atoms with E-state index < -0.39 is 11.9 Å². The van der Waals surface area contributed by atoms with Gasteiger partial charge in [-0.05, 0) is 30.2 Å². The number of carbonyl (C=O) groups excluding carboxylic acids is 1. The second-order valence-corrected chi connectivity index (χ2v) is 5.57.